The van der Waals surface area contributed by atoms with Gasteiger partial charge in [-0.2, -0.15) is 0 Å². The molecule has 1 rings (SSSR count). The third-order valence-electron chi connectivity index (χ3n) is 2.42. The molecule has 0 aromatic heterocycles. The van der Waals surface area contributed by atoms with Crippen LogP contribution in [-0.2, 0) is 25.1 Å². The first-order valence-corrected chi connectivity index (χ1v) is 6.94. The Morgan fingerprint density at radius 1 is 1.59 bits per heavy atom. The van der Waals surface area contributed by atoms with Gasteiger partial charge in [-0.15, -0.1) is 0 Å². The molecule has 0 aromatic rings. The van der Waals surface area contributed by atoms with Crippen LogP contribution in [0.4, 0.5) is 0 Å². The van der Waals surface area contributed by atoms with Crippen molar-refractivity contribution >= 4 is 22.7 Å². The van der Waals surface area contributed by atoms with Crippen LogP contribution in [0, 0.1) is 0 Å². The summed E-state index contributed by atoms with van der Waals surface area (Å²) in [7, 11) is -1.30. The number of carbonyl (C=O) groups excluding carboxylic acids is 1. The van der Waals surface area contributed by atoms with E-state index in [0.29, 0.717) is 12.4 Å². The summed E-state index contributed by atoms with van der Waals surface area (Å²) < 4.78 is 17.0. The van der Waals surface area contributed by atoms with Gasteiger partial charge in [0.25, 0.3) is 0 Å². The number of hydrogen-bond acceptors (Lipinski definition) is 4. The second-order valence-corrected chi connectivity index (χ2v) is 5.55. The van der Waals surface area contributed by atoms with Crippen LogP contribution in [0.5, 0.6) is 0 Å². The van der Waals surface area contributed by atoms with E-state index in [0.717, 1.165) is 12.8 Å². The molecular weight excluding hydrogens is 246 g/mol. The van der Waals surface area contributed by atoms with E-state index in [2.05, 4.69) is 5.32 Å². The number of hydrogen-bond donors (Lipinski definition) is 2. The van der Waals surface area contributed by atoms with Gasteiger partial charge in [-0.25, -0.2) is 4.79 Å². The van der Waals surface area contributed by atoms with E-state index in [1.54, 1.807) is 0 Å². The zero-order valence-corrected chi connectivity index (χ0v) is 10.5. The summed E-state index contributed by atoms with van der Waals surface area (Å²) in [6, 6.07) is -1.09. The van der Waals surface area contributed by atoms with Crippen molar-refractivity contribution < 1.29 is 23.6 Å². The quantitative estimate of drug-likeness (QED) is 0.674. The number of rotatable bonds is 6. The molecule has 1 fully saturated rings. The molecule has 1 aliphatic rings. The number of ether oxygens (including phenoxy) is 1. The molecule has 0 aromatic carbocycles. The first-order chi connectivity index (χ1) is 7.99. The van der Waals surface area contributed by atoms with E-state index in [1.807, 2.05) is 0 Å². The monoisotopic (exact) mass is 263 g/mol. The molecule has 0 radical (unpaired) electrons. The fraction of sp³-hybridized carbons (Fsp3) is 0.800. The number of nitrogens with one attached hydrogen (secondary N) is 1. The zero-order chi connectivity index (χ0) is 12.8. The molecule has 7 heteroatoms. The van der Waals surface area contributed by atoms with Gasteiger partial charge in [0.05, 0.1) is 11.9 Å². The van der Waals surface area contributed by atoms with Crippen LogP contribution in [-0.4, -0.2) is 51.5 Å². The zero-order valence-electron chi connectivity index (χ0n) is 9.68. The van der Waals surface area contributed by atoms with Crippen LogP contribution in [0.2, 0.25) is 0 Å². The highest BCUT2D eigenvalue weighted by Crippen LogP contribution is 2.13. The number of amides is 1. The minimum Gasteiger partial charge on any atom is -0.480 e. The lowest BCUT2D eigenvalue weighted by molar-refractivity contribution is -0.140. The average molecular weight is 263 g/mol. The number of aliphatic carboxylic acids is 1. The largest absolute Gasteiger partial charge is 0.480 e. The van der Waals surface area contributed by atoms with Crippen molar-refractivity contribution in [2.24, 2.45) is 0 Å². The van der Waals surface area contributed by atoms with E-state index in [9.17, 15) is 13.8 Å². The summed E-state index contributed by atoms with van der Waals surface area (Å²) in [4.78, 5) is 21.6. The first-order valence-electron chi connectivity index (χ1n) is 5.45. The number of carbonyl (C=O) groups is 2. The van der Waals surface area contributed by atoms with Gasteiger partial charge in [0, 0.05) is 30.1 Å². The summed E-state index contributed by atoms with van der Waals surface area (Å²) in [6.45, 7) is 1.91. The third-order valence-corrected chi connectivity index (χ3v) is 3.87. The predicted molar refractivity (Wildman–Crippen MR) is 62.1 cm³/mol. The molecule has 0 spiro atoms. The van der Waals surface area contributed by atoms with Crippen molar-refractivity contribution in [2.75, 3.05) is 18.1 Å². The molecule has 17 heavy (non-hydrogen) atoms. The number of carboxylic acid groups (broad SMARTS) is 1. The maximum absolute atomic E-state index is 11.7. The molecule has 1 aliphatic heterocycles. The highest BCUT2D eigenvalue weighted by Gasteiger charge is 2.24. The average Bonchev–Trinajstić information content (AvgIpc) is 2.68. The van der Waals surface area contributed by atoms with Gasteiger partial charge >= 0.3 is 5.97 Å². The van der Waals surface area contributed by atoms with Gasteiger partial charge in [0.15, 0.2) is 0 Å². The van der Waals surface area contributed by atoms with Crippen molar-refractivity contribution in [3.63, 3.8) is 0 Å². The minimum atomic E-state index is -1.30. The van der Waals surface area contributed by atoms with E-state index in [-0.39, 0.29) is 11.9 Å². The molecule has 2 unspecified atom stereocenters. The van der Waals surface area contributed by atoms with E-state index in [4.69, 9.17) is 9.84 Å². The topological polar surface area (TPSA) is 92.7 Å². The Labute approximate surface area is 102 Å². The Kier molecular flexibility index (Phi) is 5.57. The minimum absolute atomic E-state index is 0.0393. The second kappa shape index (κ2) is 6.70. The molecule has 98 valence electrons. The predicted octanol–water partition coefficient (Wildman–Crippen LogP) is -0.497. The Hall–Kier alpha value is -0.950. The Balaban J connectivity index is 2.40. The Bertz CT molecular complexity index is 314. The van der Waals surface area contributed by atoms with Crippen LogP contribution in [0.1, 0.15) is 19.8 Å². The molecule has 0 saturated carbocycles. The molecular formula is C10H17NO5S. The smallest absolute Gasteiger partial charge is 0.327 e. The maximum atomic E-state index is 11.7. The molecule has 0 aliphatic carbocycles. The SMILES string of the molecule is CC(=O)N[C@@H](CS(=O)CC1CCCO1)C(=O)O. The van der Waals surface area contributed by atoms with Crippen LogP contribution >= 0.6 is 0 Å². The lowest BCUT2D eigenvalue weighted by Crippen LogP contribution is -2.44. The summed E-state index contributed by atoms with van der Waals surface area (Å²) in [5.74, 6) is -1.34. The molecule has 2 N–H and O–H groups in total. The van der Waals surface area contributed by atoms with Gasteiger partial charge in [-0.3, -0.25) is 9.00 Å². The van der Waals surface area contributed by atoms with E-state index < -0.39 is 28.7 Å². The lowest BCUT2D eigenvalue weighted by Gasteiger charge is -2.14. The molecule has 6 nitrogen and oxygen atoms in total. The van der Waals surface area contributed by atoms with Crippen molar-refractivity contribution in [1.29, 1.82) is 0 Å². The summed E-state index contributed by atoms with van der Waals surface area (Å²) in [6.07, 6.45) is 1.78. The van der Waals surface area contributed by atoms with Crippen molar-refractivity contribution in [1.82, 2.24) is 5.32 Å². The van der Waals surface area contributed by atoms with Gasteiger partial charge in [-0.05, 0) is 12.8 Å². The van der Waals surface area contributed by atoms with Gasteiger partial charge in [0.2, 0.25) is 5.91 Å². The fourth-order valence-corrected chi connectivity index (χ4v) is 3.07. The van der Waals surface area contributed by atoms with E-state index in [1.165, 1.54) is 6.92 Å². The molecule has 0 bridgehead atoms. The van der Waals surface area contributed by atoms with Crippen molar-refractivity contribution in [3.05, 3.63) is 0 Å². The summed E-state index contributed by atoms with van der Waals surface area (Å²) >= 11 is 0. The van der Waals surface area contributed by atoms with Gasteiger partial charge < -0.3 is 15.2 Å². The highest BCUT2D eigenvalue weighted by atomic mass is 32.2. The number of carboxylic acids is 1. The van der Waals surface area contributed by atoms with Crippen LogP contribution < -0.4 is 5.32 Å². The second-order valence-electron chi connectivity index (χ2n) is 4.00. The van der Waals surface area contributed by atoms with Crippen LogP contribution in [0.3, 0.4) is 0 Å². The lowest BCUT2D eigenvalue weighted by atomic mass is 10.3. The van der Waals surface area contributed by atoms with Gasteiger partial charge in [-0.1, -0.05) is 0 Å². The first kappa shape index (κ1) is 14.1. The van der Waals surface area contributed by atoms with Gasteiger partial charge in [0.1, 0.15) is 6.04 Å². The third kappa shape index (κ3) is 5.27. The highest BCUT2D eigenvalue weighted by molar-refractivity contribution is 7.85. The Morgan fingerprint density at radius 3 is 2.76 bits per heavy atom. The summed E-state index contributed by atoms with van der Waals surface area (Å²) in [5, 5.41) is 11.1. The van der Waals surface area contributed by atoms with Crippen LogP contribution in [0.15, 0.2) is 0 Å². The standard InChI is InChI=1S/C10H17NO5S/c1-7(12)11-9(10(13)14)6-17(15)5-8-3-2-4-16-8/h8-9H,2-6H2,1H3,(H,11,12)(H,13,14)/t8?,9-,17?/m0/s1. The molecule has 1 amide bonds. The van der Waals surface area contributed by atoms with Crippen LogP contribution in [0.25, 0.3) is 0 Å². The molecule has 1 heterocycles. The van der Waals surface area contributed by atoms with Crippen molar-refractivity contribution in [3.8, 4) is 0 Å². The molecule has 3 atom stereocenters. The fourth-order valence-electron chi connectivity index (χ4n) is 1.66. The van der Waals surface area contributed by atoms with Crippen molar-refractivity contribution in [2.45, 2.75) is 31.9 Å². The maximum Gasteiger partial charge on any atom is 0.327 e. The van der Waals surface area contributed by atoms with E-state index >= 15 is 0 Å². The summed E-state index contributed by atoms with van der Waals surface area (Å²) in [5.41, 5.74) is 0. The molecule has 1 saturated heterocycles. The Morgan fingerprint density at radius 2 is 2.29 bits per heavy atom. The normalized spacial score (nSPS) is 23.0.